The van der Waals surface area contributed by atoms with Crippen molar-refractivity contribution in [2.75, 3.05) is 5.32 Å². The number of hydrogen-bond donors (Lipinski definition) is 1. The molecule has 1 N–H and O–H groups in total. The van der Waals surface area contributed by atoms with E-state index in [2.05, 4.69) is 5.32 Å². The lowest BCUT2D eigenvalue weighted by molar-refractivity contribution is 0.101. The fourth-order valence-electron chi connectivity index (χ4n) is 2.00. The van der Waals surface area contributed by atoms with Gasteiger partial charge in [0.1, 0.15) is 0 Å². The molecule has 0 spiro atoms. The molecule has 0 aliphatic carbocycles. The summed E-state index contributed by atoms with van der Waals surface area (Å²) < 4.78 is 0. The quantitative estimate of drug-likeness (QED) is 0.515. The minimum absolute atomic E-state index is 0.177. The van der Waals surface area contributed by atoms with Crippen molar-refractivity contribution in [3.63, 3.8) is 0 Å². The first-order valence-corrected chi connectivity index (χ1v) is 8.70. The molecule has 0 saturated heterocycles. The Labute approximate surface area is 141 Å². The summed E-state index contributed by atoms with van der Waals surface area (Å²) in [6, 6.07) is 16.5. The first-order valence-electron chi connectivity index (χ1n) is 6.94. The Balaban J connectivity index is 1.93. The Morgan fingerprint density at radius 3 is 2.09 bits per heavy atom. The molecule has 1 aromatic carbocycles. The number of allylic oxidation sites excluding steroid dienone is 2. The predicted molar refractivity (Wildman–Crippen MR) is 95.4 cm³/mol. The van der Waals surface area contributed by atoms with Crippen LogP contribution in [0.4, 0.5) is 5.69 Å². The molecule has 114 valence electrons. The summed E-state index contributed by atoms with van der Waals surface area (Å²) in [7, 11) is 0. The molecule has 0 aliphatic heterocycles. The minimum Gasteiger partial charge on any atom is -0.352 e. The second kappa shape index (κ2) is 7.17. The number of hydrogen-bond acceptors (Lipinski definition) is 5. The standard InChI is InChI=1S/C18H13NO2S2/c20-15(16-8-4-10-22-16)12-14(18(21)17-9-5-11-23-17)19-13-6-2-1-3-7-13/h1-12,19H. The lowest BCUT2D eigenvalue weighted by Crippen LogP contribution is -2.13. The number of thiophene rings is 2. The number of carbonyl (C=O) groups is 2. The van der Waals surface area contributed by atoms with E-state index in [0.717, 1.165) is 5.69 Å². The van der Waals surface area contributed by atoms with E-state index >= 15 is 0 Å². The van der Waals surface area contributed by atoms with E-state index in [9.17, 15) is 9.59 Å². The van der Waals surface area contributed by atoms with Gasteiger partial charge >= 0.3 is 0 Å². The average molecular weight is 339 g/mol. The molecular weight excluding hydrogens is 326 g/mol. The van der Waals surface area contributed by atoms with Crippen LogP contribution in [0.5, 0.6) is 0 Å². The molecule has 0 bridgehead atoms. The summed E-state index contributed by atoms with van der Waals surface area (Å²) in [4.78, 5) is 26.2. The van der Waals surface area contributed by atoms with Crippen LogP contribution in [-0.4, -0.2) is 11.6 Å². The summed E-state index contributed by atoms with van der Waals surface area (Å²) in [5, 5.41) is 6.74. The van der Waals surface area contributed by atoms with E-state index in [1.807, 2.05) is 53.2 Å². The van der Waals surface area contributed by atoms with Gasteiger partial charge in [0.15, 0.2) is 5.78 Å². The number of carbonyl (C=O) groups excluding carboxylic acids is 2. The van der Waals surface area contributed by atoms with Crippen LogP contribution in [0.3, 0.4) is 0 Å². The van der Waals surface area contributed by atoms with Gasteiger partial charge in [0.25, 0.3) is 0 Å². The third kappa shape index (κ3) is 3.83. The second-order valence-electron chi connectivity index (χ2n) is 4.70. The van der Waals surface area contributed by atoms with E-state index in [1.54, 1.807) is 12.1 Å². The largest absolute Gasteiger partial charge is 0.352 e. The SMILES string of the molecule is O=C(C=C(Nc1ccccc1)C(=O)c1cccs1)c1cccs1. The van der Waals surface area contributed by atoms with Crippen LogP contribution >= 0.6 is 22.7 Å². The van der Waals surface area contributed by atoms with E-state index in [-0.39, 0.29) is 17.3 Å². The number of anilines is 1. The van der Waals surface area contributed by atoms with Crippen molar-refractivity contribution in [2.24, 2.45) is 0 Å². The smallest absolute Gasteiger partial charge is 0.219 e. The zero-order valence-corrected chi connectivity index (χ0v) is 13.7. The monoisotopic (exact) mass is 339 g/mol. The lowest BCUT2D eigenvalue weighted by Gasteiger charge is -2.09. The Bertz CT molecular complexity index is 819. The first kappa shape index (κ1) is 15.4. The molecule has 0 atom stereocenters. The molecule has 3 aromatic rings. The van der Waals surface area contributed by atoms with Crippen molar-refractivity contribution in [2.45, 2.75) is 0 Å². The number of benzene rings is 1. The normalized spacial score (nSPS) is 11.2. The summed E-state index contributed by atoms with van der Waals surface area (Å²) in [6.07, 6.45) is 1.38. The van der Waals surface area contributed by atoms with Gasteiger partial charge in [-0.15, -0.1) is 22.7 Å². The summed E-state index contributed by atoms with van der Waals surface area (Å²) in [6.45, 7) is 0. The summed E-state index contributed by atoms with van der Waals surface area (Å²) >= 11 is 2.71. The van der Waals surface area contributed by atoms with Crippen LogP contribution in [0, 0.1) is 0 Å². The fourth-order valence-corrected chi connectivity index (χ4v) is 3.31. The average Bonchev–Trinajstić information content (AvgIpc) is 3.27. The Hall–Kier alpha value is -2.50. The van der Waals surface area contributed by atoms with Gasteiger partial charge in [0.05, 0.1) is 15.5 Å². The molecule has 2 aromatic heterocycles. The Kier molecular flexibility index (Phi) is 4.80. The van der Waals surface area contributed by atoms with Gasteiger partial charge in [-0.2, -0.15) is 0 Å². The number of nitrogens with one attached hydrogen (secondary N) is 1. The van der Waals surface area contributed by atoms with Crippen molar-refractivity contribution < 1.29 is 9.59 Å². The second-order valence-corrected chi connectivity index (χ2v) is 6.59. The van der Waals surface area contributed by atoms with E-state index in [1.165, 1.54) is 28.7 Å². The lowest BCUT2D eigenvalue weighted by atomic mass is 10.1. The number of para-hydroxylation sites is 1. The van der Waals surface area contributed by atoms with Crippen molar-refractivity contribution in [1.82, 2.24) is 0 Å². The van der Waals surface area contributed by atoms with Gasteiger partial charge in [-0.25, -0.2) is 0 Å². The maximum Gasteiger partial charge on any atom is 0.219 e. The van der Waals surface area contributed by atoms with Gasteiger partial charge in [0.2, 0.25) is 5.78 Å². The van der Waals surface area contributed by atoms with Gasteiger partial charge in [-0.3, -0.25) is 9.59 Å². The van der Waals surface area contributed by atoms with Crippen LogP contribution in [0.2, 0.25) is 0 Å². The highest BCUT2D eigenvalue weighted by molar-refractivity contribution is 7.12. The van der Waals surface area contributed by atoms with Crippen LogP contribution in [-0.2, 0) is 0 Å². The Morgan fingerprint density at radius 1 is 0.826 bits per heavy atom. The van der Waals surface area contributed by atoms with Crippen LogP contribution in [0.1, 0.15) is 19.3 Å². The van der Waals surface area contributed by atoms with Crippen LogP contribution in [0.25, 0.3) is 0 Å². The molecule has 23 heavy (non-hydrogen) atoms. The number of Topliss-reactive ketones (excluding diaryl/α,β-unsaturated/α-hetero) is 1. The molecular formula is C18H13NO2S2. The summed E-state index contributed by atoms with van der Waals surface area (Å²) in [5.74, 6) is -0.364. The maximum atomic E-state index is 12.6. The van der Waals surface area contributed by atoms with Gasteiger partial charge in [-0.1, -0.05) is 30.3 Å². The molecule has 0 amide bonds. The Morgan fingerprint density at radius 2 is 1.48 bits per heavy atom. The molecule has 0 fully saturated rings. The van der Waals surface area contributed by atoms with Gasteiger partial charge in [0, 0.05) is 11.8 Å². The van der Waals surface area contributed by atoms with E-state index in [0.29, 0.717) is 9.75 Å². The highest BCUT2D eigenvalue weighted by Gasteiger charge is 2.16. The van der Waals surface area contributed by atoms with Crippen molar-refractivity contribution in [1.29, 1.82) is 0 Å². The summed E-state index contributed by atoms with van der Waals surface area (Å²) in [5.41, 5.74) is 1.04. The highest BCUT2D eigenvalue weighted by atomic mass is 32.1. The van der Waals surface area contributed by atoms with Crippen LogP contribution in [0.15, 0.2) is 77.1 Å². The molecule has 0 aliphatic rings. The van der Waals surface area contributed by atoms with Crippen LogP contribution < -0.4 is 5.32 Å². The predicted octanol–water partition coefficient (Wildman–Crippen LogP) is 4.87. The van der Waals surface area contributed by atoms with Crippen molar-refractivity contribution in [3.8, 4) is 0 Å². The molecule has 3 rings (SSSR count). The van der Waals surface area contributed by atoms with E-state index < -0.39 is 0 Å². The zero-order valence-electron chi connectivity index (χ0n) is 12.1. The third-order valence-electron chi connectivity index (χ3n) is 3.08. The topological polar surface area (TPSA) is 46.2 Å². The van der Waals surface area contributed by atoms with E-state index in [4.69, 9.17) is 0 Å². The van der Waals surface area contributed by atoms with Crippen molar-refractivity contribution in [3.05, 3.63) is 86.9 Å². The maximum absolute atomic E-state index is 12.6. The molecule has 2 heterocycles. The molecule has 0 saturated carbocycles. The molecule has 5 heteroatoms. The zero-order chi connectivity index (χ0) is 16.1. The molecule has 0 unspecified atom stereocenters. The van der Waals surface area contributed by atoms with Gasteiger partial charge < -0.3 is 5.32 Å². The van der Waals surface area contributed by atoms with Gasteiger partial charge in [-0.05, 0) is 35.0 Å². The first-order chi connectivity index (χ1) is 11.2. The number of rotatable bonds is 6. The third-order valence-corrected chi connectivity index (χ3v) is 4.83. The molecule has 0 radical (unpaired) electrons. The molecule has 3 nitrogen and oxygen atoms in total. The minimum atomic E-state index is -0.186. The highest BCUT2D eigenvalue weighted by Crippen LogP contribution is 2.19. The fraction of sp³-hybridized carbons (Fsp3) is 0. The van der Waals surface area contributed by atoms with Crippen molar-refractivity contribution >= 4 is 39.9 Å². The number of ketones is 2.